The van der Waals surface area contributed by atoms with Gasteiger partial charge in [0.15, 0.2) is 11.5 Å². The van der Waals surface area contributed by atoms with Gasteiger partial charge in [-0.1, -0.05) is 6.07 Å². The lowest BCUT2D eigenvalue weighted by molar-refractivity contribution is -0.385. The zero-order valence-corrected chi connectivity index (χ0v) is 19.8. The first-order valence-corrected chi connectivity index (χ1v) is 11.4. The lowest BCUT2D eigenvalue weighted by Gasteiger charge is -2.19. The molecule has 0 saturated heterocycles. The predicted molar refractivity (Wildman–Crippen MR) is 128 cm³/mol. The maximum Gasteiger partial charge on any atom is 0.286 e. The van der Waals surface area contributed by atoms with Crippen molar-refractivity contribution in [3.63, 3.8) is 0 Å². The number of aromatic nitrogens is 1. The molecule has 10 nitrogen and oxygen atoms in total. The van der Waals surface area contributed by atoms with Gasteiger partial charge in [-0.2, -0.15) is 0 Å². The first-order valence-electron chi connectivity index (χ1n) is 10.4. The van der Waals surface area contributed by atoms with E-state index in [-0.39, 0.29) is 29.6 Å². The molecule has 0 aliphatic carbocycles. The number of hydrogen-bond donors (Lipinski definition) is 1. The van der Waals surface area contributed by atoms with E-state index < -0.39 is 16.5 Å². The Balaban J connectivity index is 1.87. The van der Waals surface area contributed by atoms with Crippen molar-refractivity contribution in [2.45, 2.75) is 20.5 Å². The molecule has 0 radical (unpaired) electrons. The van der Waals surface area contributed by atoms with Crippen LogP contribution < -0.4 is 14.8 Å². The molecule has 0 saturated carbocycles. The number of nitro benzene ring substituents is 1. The Hall–Kier alpha value is -3.99. The molecule has 178 valence electrons. The fourth-order valence-corrected chi connectivity index (χ4v) is 3.78. The number of anilines is 1. The summed E-state index contributed by atoms with van der Waals surface area (Å²) in [6, 6.07) is 8.83. The Morgan fingerprint density at radius 2 is 1.94 bits per heavy atom. The average molecular weight is 485 g/mol. The molecule has 1 N–H and O–H groups in total. The molecule has 0 spiro atoms. The smallest absolute Gasteiger partial charge is 0.286 e. The summed E-state index contributed by atoms with van der Waals surface area (Å²) in [4.78, 5) is 42.4. The molecular weight excluding hydrogens is 460 g/mol. The highest BCUT2D eigenvalue weighted by atomic mass is 32.1. The van der Waals surface area contributed by atoms with Crippen LogP contribution in [-0.4, -0.2) is 46.8 Å². The Morgan fingerprint density at radius 1 is 1.18 bits per heavy atom. The van der Waals surface area contributed by atoms with Crippen LogP contribution in [0.15, 0.2) is 47.3 Å². The molecule has 0 atom stereocenters. The van der Waals surface area contributed by atoms with Crippen molar-refractivity contribution in [1.82, 2.24) is 9.88 Å². The van der Waals surface area contributed by atoms with Crippen molar-refractivity contribution in [2.24, 2.45) is 0 Å². The van der Waals surface area contributed by atoms with Crippen LogP contribution in [0.4, 0.5) is 11.4 Å². The van der Waals surface area contributed by atoms with Crippen LogP contribution in [0, 0.1) is 10.1 Å². The highest BCUT2D eigenvalue weighted by Crippen LogP contribution is 2.35. The number of amides is 2. The van der Waals surface area contributed by atoms with Gasteiger partial charge in [0.2, 0.25) is 0 Å². The van der Waals surface area contributed by atoms with E-state index in [0.29, 0.717) is 30.0 Å². The molecule has 1 heterocycles. The molecule has 11 heteroatoms. The van der Waals surface area contributed by atoms with Gasteiger partial charge in [-0.05, 0) is 32.0 Å². The third kappa shape index (κ3) is 5.67. The molecule has 3 rings (SSSR count). The number of carbonyl (C=O) groups excluding carboxylic acids is 2. The van der Waals surface area contributed by atoms with Crippen LogP contribution in [0.25, 0.3) is 0 Å². The van der Waals surface area contributed by atoms with Gasteiger partial charge in [-0.25, -0.2) is 4.98 Å². The molecular formula is C23H24N4O6S. The molecule has 3 aromatic rings. The van der Waals surface area contributed by atoms with Crippen LogP contribution in [-0.2, 0) is 6.61 Å². The number of hydrogen-bond acceptors (Lipinski definition) is 8. The summed E-state index contributed by atoms with van der Waals surface area (Å²) in [5.41, 5.74) is 2.40. The van der Waals surface area contributed by atoms with Gasteiger partial charge < -0.3 is 19.7 Å². The van der Waals surface area contributed by atoms with E-state index in [4.69, 9.17) is 9.47 Å². The van der Waals surface area contributed by atoms with E-state index in [1.54, 1.807) is 34.0 Å². The SMILES string of the molecule is CCN(CC)C(=O)c1cccc(NC(=O)c2cc(OC)c(OCc3cscn3)cc2[N+](=O)[O-])c1. The van der Waals surface area contributed by atoms with Gasteiger partial charge in [0.25, 0.3) is 17.5 Å². The zero-order chi connectivity index (χ0) is 24.7. The Kier molecular flexibility index (Phi) is 8.14. The van der Waals surface area contributed by atoms with Crippen LogP contribution in [0.2, 0.25) is 0 Å². The zero-order valence-electron chi connectivity index (χ0n) is 18.9. The molecule has 0 bridgehead atoms. The number of ether oxygens (including phenoxy) is 2. The monoisotopic (exact) mass is 484 g/mol. The quantitative estimate of drug-likeness (QED) is 0.335. The van der Waals surface area contributed by atoms with Crippen molar-refractivity contribution in [3.8, 4) is 11.5 Å². The first-order chi connectivity index (χ1) is 16.4. The Morgan fingerprint density at radius 3 is 2.56 bits per heavy atom. The summed E-state index contributed by atoms with van der Waals surface area (Å²) in [6.45, 7) is 4.95. The van der Waals surface area contributed by atoms with Gasteiger partial charge in [0.1, 0.15) is 12.2 Å². The summed E-state index contributed by atoms with van der Waals surface area (Å²) in [6.07, 6.45) is 0. The number of thiazole rings is 1. The number of nitro groups is 1. The second-order valence-electron chi connectivity index (χ2n) is 7.06. The van der Waals surface area contributed by atoms with Crippen LogP contribution in [0.5, 0.6) is 11.5 Å². The summed E-state index contributed by atoms with van der Waals surface area (Å²) in [5.74, 6) is -0.610. The molecule has 1 aromatic heterocycles. The molecule has 34 heavy (non-hydrogen) atoms. The Bertz CT molecular complexity index is 1180. The normalized spacial score (nSPS) is 10.4. The van der Waals surface area contributed by atoms with Crippen LogP contribution in [0.1, 0.15) is 40.3 Å². The summed E-state index contributed by atoms with van der Waals surface area (Å²) in [5, 5.41) is 16.1. The van der Waals surface area contributed by atoms with Gasteiger partial charge in [0.05, 0.1) is 29.3 Å². The maximum atomic E-state index is 13.0. The number of methoxy groups -OCH3 is 1. The average Bonchev–Trinajstić information content (AvgIpc) is 3.36. The van der Waals surface area contributed by atoms with Gasteiger partial charge >= 0.3 is 0 Å². The number of rotatable bonds is 10. The second kappa shape index (κ2) is 11.2. The van der Waals surface area contributed by atoms with Gasteiger partial charge in [0, 0.05) is 35.8 Å². The van der Waals surface area contributed by atoms with Gasteiger partial charge in [-0.3, -0.25) is 19.7 Å². The van der Waals surface area contributed by atoms with Crippen molar-refractivity contribution >= 4 is 34.5 Å². The lowest BCUT2D eigenvalue weighted by Crippen LogP contribution is -2.30. The van der Waals surface area contributed by atoms with Crippen LogP contribution >= 0.6 is 11.3 Å². The molecule has 0 aliphatic rings. The third-order valence-electron chi connectivity index (χ3n) is 5.00. The highest BCUT2D eigenvalue weighted by Gasteiger charge is 2.25. The molecule has 2 aromatic carbocycles. The fraction of sp³-hybridized carbons (Fsp3) is 0.261. The van der Waals surface area contributed by atoms with E-state index in [1.807, 2.05) is 13.8 Å². The van der Waals surface area contributed by atoms with E-state index >= 15 is 0 Å². The van der Waals surface area contributed by atoms with E-state index in [2.05, 4.69) is 10.3 Å². The molecule has 0 aliphatic heterocycles. The van der Waals surface area contributed by atoms with E-state index in [9.17, 15) is 19.7 Å². The Labute approximate surface area is 200 Å². The summed E-state index contributed by atoms with van der Waals surface area (Å²) in [7, 11) is 1.38. The van der Waals surface area contributed by atoms with Crippen molar-refractivity contribution in [3.05, 3.63) is 74.2 Å². The topological polar surface area (TPSA) is 124 Å². The lowest BCUT2D eigenvalue weighted by atomic mass is 10.1. The van der Waals surface area contributed by atoms with E-state index in [0.717, 1.165) is 6.07 Å². The van der Waals surface area contributed by atoms with Crippen molar-refractivity contribution in [2.75, 3.05) is 25.5 Å². The minimum absolute atomic E-state index is 0.0932. The molecule has 0 unspecified atom stereocenters. The highest BCUT2D eigenvalue weighted by molar-refractivity contribution is 7.07. The summed E-state index contributed by atoms with van der Waals surface area (Å²) >= 11 is 1.40. The maximum absolute atomic E-state index is 13.0. The van der Waals surface area contributed by atoms with Crippen molar-refractivity contribution in [1.29, 1.82) is 0 Å². The number of benzene rings is 2. The number of nitrogens with zero attached hydrogens (tertiary/aromatic N) is 3. The second-order valence-corrected chi connectivity index (χ2v) is 7.78. The minimum atomic E-state index is -0.719. The van der Waals surface area contributed by atoms with Crippen LogP contribution in [0.3, 0.4) is 0 Å². The molecule has 2 amide bonds. The number of nitrogens with one attached hydrogen (secondary N) is 1. The minimum Gasteiger partial charge on any atom is -0.493 e. The predicted octanol–water partition coefficient (Wildman–Crippen LogP) is 4.37. The fourth-order valence-electron chi connectivity index (χ4n) is 3.24. The van der Waals surface area contributed by atoms with E-state index in [1.165, 1.54) is 30.6 Å². The third-order valence-corrected chi connectivity index (χ3v) is 5.64. The van der Waals surface area contributed by atoms with Gasteiger partial charge in [-0.15, -0.1) is 11.3 Å². The largest absolute Gasteiger partial charge is 0.493 e. The molecule has 0 fully saturated rings. The number of carbonyl (C=O) groups is 2. The standard InChI is InChI=1S/C23H24N4O6S/c1-4-26(5-2)23(29)15-7-6-8-16(9-15)25-22(28)18-10-20(32-3)21(11-19(18)27(30)31)33-12-17-13-34-14-24-17/h6-11,13-14H,4-5,12H2,1-3H3,(H,25,28). The summed E-state index contributed by atoms with van der Waals surface area (Å²) < 4.78 is 10.9. The first kappa shape index (κ1) is 24.6. The van der Waals surface area contributed by atoms with Crippen molar-refractivity contribution < 1.29 is 24.0 Å².